The summed E-state index contributed by atoms with van der Waals surface area (Å²) >= 11 is 0. The number of Topliss-reactive ketones (excluding diaryl/α,β-unsaturated/α-hetero) is 1. The maximum atomic E-state index is 11.9. The van der Waals surface area contributed by atoms with Crippen LogP contribution in [0.3, 0.4) is 0 Å². The Bertz CT molecular complexity index is 1050. The Balaban J connectivity index is -0.000000179. The van der Waals surface area contributed by atoms with Crippen LogP contribution in [-0.2, 0) is 57.3 Å². The van der Waals surface area contributed by atoms with E-state index in [9.17, 15) is 28.8 Å². The number of nitrogens with zero attached hydrogens (tertiary/aromatic N) is 1. The van der Waals surface area contributed by atoms with Crippen LogP contribution in [0, 0.1) is 0 Å². The van der Waals surface area contributed by atoms with Crippen LogP contribution >= 0.6 is 0 Å². The predicted octanol–water partition coefficient (Wildman–Crippen LogP) is 2.12. The predicted molar refractivity (Wildman–Crippen MR) is 225 cm³/mol. The quantitative estimate of drug-likeness (QED) is 0.0237. The lowest BCUT2D eigenvalue weighted by Gasteiger charge is -2.13. The number of methoxy groups -OCH3 is 4. The number of nitrogens with one attached hydrogen (secondary N) is 4. The molecule has 0 spiro atoms. The van der Waals surface area contributed by atoms with Crippen LogP contribution in [-0.4, -0.2) is 141 Å². The zero-order chi connectivity index (χ0) is 45.4. The molecule has 0 aromatic carbocycles. The number of ether oxygens (including phenoxy) is 4. The first-order valence-corrected chi connectivity index (χ1v) is 20.1. The highest BCUT2D eigenvalue weighted by molar-refractivity contribution is 5.78. The molecular formula is C40H80N6O13. The largest absolute Gasteiger partial charge is 0.468 e. The average Bonchev–Trinajstić information content (AvgIpc) is 3.23. The Hall–Kier alpha value is -3.93. The summed E-state index contributed by atoms with van der Waals surface area (Å²) in [6.45, 7) is 5.40. The van der Waals surface area contributed by atoms with Gasteiger partial charge < -0.3 is 51.4 Å². The van der Waals surface area contributed by atoms with Gasteiger partial charge in [-0.1, -0.05) is 52.4 Å². The van der Waals surface area contributed by atoms with E-state index in [1.165, 1.54) is 40.9 Å². The molecule has 0 aliphatic heterocycles. The highest BCUT2D eigenvalue weighted by Crippen LogP contribution is 2.12. The van der Waals surface area contributed by atoms with Crippen LogP contribution in [0.2, 0.25) is 0 Å². The van der Waals surface area contributed by atoms with Gasteiger partial charge in [0.05, 0.1) is 35.0 Å². The molecule has 8 N–H and O–H groups in total. The normalized spacial score (nSPS) is 11.5. The van der Waals surface area contributed by atoms with E-state index in [-0.39, 0.29) is 59.7 Å². The van der Waals surface area contributed by atoms with E-state index in [0.717, 1.165) is 83.5 Å². The summed E-state index contributed by atoms with van der Waals surface area (Å²) in [4.78, 5) is 86.3. The summed E-state index contributed by atoms with van der Waals surface area (Å²) in [6.07, 6.45) is 16.0. The topological polar surface area (TPSA) is 291 Å². The lowest BCUT2D eigenvalue weighted by Crippen LogP contribution is -2.34. The Morgan fingerprint density at radius 1 is 0.525 bits per heavy atom. The van der Waals surface area contributed by atoms with E-state index >= 15 is 0 Å². The molecule has 0 aromatic heterocycles. The Morgan fingerprint density at radius 3 is 1.03 bits per heavy atom. The smallest absolute Gasteiger partial charge is 0.373 e. The molecule has 0 aliphatic carbocycles. The summed E-state index contributed by atoms with van der Waals surface area (Å²) in [5.74, 6) is -0.644. The first-order chi connectivity index (χ1) is 27.8. The Morgan fingerprint density at radius 2 is 0.797 bits per heavy atom. The first-order valence-electron chi connectivity index (χ1n) is 20.1. The molecule has 0 fully saturated rings. The van der Waals surface area contributed by atoms with Crippen LogP contribution in [0.5, 0.6) is 0 Å². The highest BCUT2D eigenvalue weighted by Gasteiger charge is 2.18. The third kappa shape index (κ3) is 46.6. The number of rotatable bonds is 29. The third-order valence-corrected chi connectivity index (χ3v) is 8.26. The second kappa shape index (κ2) is 54.1. The number of likely N-dealkylation sites (N-methyl/N-ethyl adjacent to an activating group) is 4. The molecule has 348 valence electrons. The number of nitrogens with two attached hydrogens (primary N) is 1. The molecular weight excluding hydrogens is 772 g/mol. The molecule has 4 atom stereocenters. The lowest BCUT2D eigenvalue weighted by molar-refractivity contribution is -0.191. The first kappa shape index (κ1) is 66.9. The van der Waals surface area contributed by atoms with Crippen molar-refractivity contribution in [1.29, 1.82) is 0 Å². The monoisotopic (exact) mass is 853 g/mol. The van der Waals surface area contributed by atoms with Crippen molar-refractivity contribution in [2.24, 2.45) is 10.7 Å². The minimum absolute atomic E-state index is 0. The SMILES string of the molecule is CCC.CNC(CCCCCC(=O)CCCCCC(NC)C(=O)OC)C(=O)OC.CNC(CCCCN)C(=O)OC.CNC(CCCCN=C=O)C(=O)OC.O.O=C=O. The number of carbonyl (C=O) groups is 5. The van der Waals surface area contributed by atoms with Crippen LogP contribution in [0.15, 0.2) is 4.99 Å². The van der Waals surface area contributed by atoms with Crippen molar-refractivity contribution in [2.45, 2.75) is 147 Å². The standard InChI is InChI=1S/C19H36N2O5.C9H16N2O3.C8H18N2O2.C3H8.CO2.H2O/c1-20-16(18(23)25-3)13-9-5-7-11-15(22)12-8-6-10-14-17(21-2)19(24)26-4;1-10-8(9(13)14-2)5-3-4-6-11-7-12;1-10-7(8(11)12-2)5-3-4-6-9;1-3-2;2-1-3;/h16-17,20-21H,5-14H2,1-4H3;8,10H,3-6H2,1-2H3;7,10H,3-6,9H2,1-2H3;3H2,1-2H3;;1H2. The zero-order valence-electron chi connectivity index (χ0n) is 37.7. The van der Waals surface area contributed by atoms with Crippen molar-refractivity contribution in [3.05, 3.63) is 0 Å². The third-order valence-electron chi connectivity index (χ3n) is 8.26. The molecule has 0 radical (unpaired) electrons. The van der Waals surface area contributed by atoms with Crippen molar-refractivity contribution >= 4 is 41.9 Å². The maximum Gasteiger partial charge on any atom is 0.373 e. The lowest BCUT2D eigenvalue weighted by atomic mass is 10.0. The molecule has 59 heavy (non-hydrogen) atoms. The summed E-state index contributed by atoms with van der Waals surface area (Å²) in [7, 11) is 12.5. The van der Waals surface area contributed by atoms with Gasteiger partial charge in [0.2, 0.25) is 6.08 Å². The average molecular weight is 853 g/mol. The minimum atomic E-state index is -0.264. The molecule has 0 aromatic rings. The van der Waals surface area contributed by atoms with Crippen molar-refractivity contribution in [3.8, 4) is 0 Å². The van der Waals surface area contributed by atoms with Gasteiger partial charge in [0.1, 0.15) is 30.0 Å². The van der Waals surface area contributed by atoms with E-state index < -0.39 is 0 Å². The number of hydrogen-bond donors (Lipinski definition) is 5. The number of unbranched alkanes of at least 4 members (excludes halogenated alkanes) is 6. The van der Waals surface area contributed by atoms with E-state index in [1.807, 2.05) is 0 Å². The van der Waals surface area contributed by atoms with Gasteiger partial charge in [-0.2, -0.15) is 9.59 Å². The van der Waals surface area contributed by atoms with Crippen molar-refractivity contribution in [3.63, 3.8) is 0 Å². The fraction of sp³-hybridized carbons (Fsp3) is 0.825. The molecule has 0 amide bonds. The molecule has 0 bridgehead atoms. The van der Waals surface area contributed by atoms with E-state index in [4.69, 9.17) is 24.8 Å². The van der Waals surface area contributed by atoms with E-state index in [1.54, 1.807) is 28.2 Å². The maximum absolute atomic E-state index is 11.9. The van der Waals surface area contributed by atoms with Gasteiger partial charge in [0, 0.05) is 12.8 Å². The van der Waals surface area contributed by atoms with Crippen LogP contribution < -0.4 is 27.0 Å². The van der Waals surface area contributed by atoms with Gasteiger partial charge in [-0.25, -0.2) is 9.79 Å². The highest BCUT2D eigenvalue weighted by atomic mass is 16.5. The van der Waals surface area contributed by atoms with Gasteiger partial charge in [0.25, 0.3) is 0 Å². The van der Waals surface area contributed by atoms with E-state index in [0.29, 0.717) is 38.1 Å². The minimum Gasteiger partial charge on any atom is -0.468 e. The summed E-state index contributed by atoms with van der Waals surface area (Å²) in [5, 5.41) is 11.6. The fourth-order valence-corrected chi connectivity index (χ4v) is 4.99. The van der Waals surface area contributed by atoms with Gasteiger partial charge in [-0.15, -0.1) is 0 Å². The van der Waals surface area contributed by atoms with Crippen LogP contribution in [0.25, 0.3) is 0 Å². The van der Waals surface area contributed by atoms with Crippen molar-refractivity contribution in [2.75, 3.05) is 69.7 Å². The number of esters is 4. The number of carbonyl (C=O) groups excluding carboxylic acids is 8. The van der Waals surface area contributed by atoms with Crippen molar-refractivity contribution in [1.82, 2.24) is 21.3 Å². The Kier molecular flexibility index (Phi) is 61.3. The van der Waals surface area contributed by atoms with Crippen molar-refractivity contribution < 1.29 is 62.8 Å². The molecule has 19 heteroatoms. The molecule has 0 rings (SSSR count). The molecule has 0 saturated carbocycles. The summed E-state index contributed by atoms with van der Waals surface area (Å²) in [6, 6.07) is -0.967. The van der Waals surface area contributed by atoms with Gasteiger partial charge in [-0.3, -0.25) is 24.0 Å². The molecule has 0 heterocycles. The Labute approximate surface area is 353 Å². The number of aliphatic imine (C=N–C) groups is 1. The summed E-state index contributed by atoms with van der Waals surface area (Å²) in [5.41, 5.74) is 5.33. The number of isocyanates is 1. The number of ketones is 1. The van der Waals surface area contributed by atoms with Gasteiger partial charge in [-0.05, 0) is 92.5 Å². The molecule has 4 unspecified atom stereocenters. The van der Waals surface area contributed by atoms with Crippen LogP contribution in [0.1, 0.15) is 123 Å². The van der Waals surface area contributed by atoms with Gasteiger partial charge in [0.15, 0.2) is 0 Å². The second-order valence-electron chi connectivity index (χ2n) is 12.7. The molecule has 0 saturated heterocycles. The summed E-state index contributed by atoms with van der Waals surface area (Å²) < 4.78 is 18.6. The zero-order valence-corrected chi connectivity index (χ0v) is 37.7. The van der Waals surface area contributed by atoms with Gasteiger partial charge >= 0.3 is 30.0 Å². The van der Waals surface area contributed by atoms with E-state index in [2.05, 4.69) is 49.6 Å². The molecule has 19 nitrogen and oxygen atoms in total. The number of hydrogen-bond acceptors (Lipinski definition) is 18. The molecule has 0 aliphatic rings. The fourth-order valence-electron chi connectivity index (χ4n) is 4.99. The van der Waals surface area contributed by atoms with Crippen LogP contribution in [0.4, 0.5) is 0 Å². The second-order valence-corrected chi connectivity index (χ2v) is 12.7.